The molecule has 0 saturated heterocycles. The van der Waals surface area contributed by atoms with Gasteiger partial charge in [-0.25, -0.2) is 0 Å². The van der Waals surface area contributed by atoms with E-state index in [1.54, 1.807) is 7.11 Å². The van der Waals surface area contributed by atoms with Gasteiger partial charge in [-0.2, -0.15) is 0 Å². The maximum Gasteiger partial charge on any atom is 0.236 e. The molecular weight excluding hydrogens is 216 g/mol. The van der Waals surface area contributed by atoms with Crippen LogP contribution in [0.3, 0.4) is 0 Å². The van der Waals surface area contributed by atoms with E-state index in [0.717, 1.165) is 17.7 Å². The van der Waals surface area contributed by atoms with Crippen molar-refractivity contribution >= 4 is 5.91 Å². The summed E-state index contributed by atoms with van der Waals surface area (Å²) in [5.41, 5.74) is 6.77. The molecule has 0 fully saturated rings. The molecule has 4 nitrogen and oxygen atoms in total. The minimum absolute atomic E-state index is 0.0824. The van der Waals surface area contributed by atoms with E-state index in [4.69, 9.17) is 10.5 Å². The first-order valence-electron chi connectivity index (χ1n) is 5.83. The molecule has 3 N–H and O–H groups in total. The lowest BCUT2D eigenvalue weighted by molar-refractivity contribution is -0.122. The Hall–Kier alpha value is -1.55. The SMILES string of the molecule is CCC(N)C(=O)NCCc1ccc(OC)cc1. The van der Waals surface area contributed by atoms with Crippen LogP contribution in [0.25, 0.3) is 0 Å². The van der Waals surface area contributed by atoms with Crippen LogP contribution < -0.4 is 15.8 Å². The number of benzene rings is 1. The predicted octanol–water partition coefficient (Wildman–Crippen LogP) is 1.09. The second-order valence-electron chi connectivity index (χ2n) is 3.90. The predicted molar refractivity (Wildman–Crippen MR) is 68.0 cm³/mol. The van der Waals surface area contributed by atoms with Crippen molar-refractivity contribution in [2.45, 2.75) is 25.8 Å². The summed E-state index contributed by atoms with van der Waals surface area (Å²) in [6.45, 7) is 2.51. The van der Waals surface area contributed by atoms with Crippen LogP contribution in [0.1, 0.15) is 18.9 Å². The number of methoxy groups -OCH3 is 1. The van der Waals surface area contributed by atoms with Crippen molar-refractivity contribution in [1.82, 2.24) is 5.32 Å². The number of nitrogens with one attached hydrogen (secondary N) is 1. The molecule has 0 aliphatic rings. The van der Waals surface area contributed by atoms with E-state index < -0.39 is 6.04 Å². The monoisotopic (exact) mass is 236 g/mol. The Morgan fingerprint density at radius 2 is 2.06 bits per heavy atom. The third-order valence-corrected chi connectivity index (χ3v) is 2.65. The van der Waals surface area contributed by atoms with Gasteiger partial charge >= 0.3 is 0 Å². The van der Waals surface area contributed by atoms with Gasteiger partial charge in [-0.1, -0.05) is 19.1 Å². The summed E-state index contributed by atoms with van der Waals surface area (Å²) in [7, 11) is 1.64. The first-order chi connectivity index (χ1) is 8.17. The first kappa shape index (κ1) is 13.5. The highest BCUT2D eigenvalue weighted by molar-refractivity contribution is 5.81. The van der Waals surface area contributed by atoms with Gasteiger partial charge in [-0.3, -0.25) is 4.79 Å². The van der Waals surface area contributed by atoms with Crippen LogP contribution in [0.15, 0.2) is 24.3 Å². The lowest BCUT2D eigenvalue weighted by atomic mass is 10.1. The van der Waals surface area contributed by atoms with E-state index in [9.17, 15) is 4.79 Å². The standard InChI is InChI=1S/C13H20N2O2/c1-3-12(14)13(16)15-9-8-10-4-6-11(17-2)7-5-10/h4-7,12H,3,8-9,14H2,1-2H3,(H,15,16). The minimum atomic E-state index is -0.397. The van der Waals surface area contributed by atoms with Gasteiger partial charge in [0.25, 0.3) is 0 Å². The number of nitrogens with two attached hydrogens (primary N) is 1. The summed E-state index contributed by atoms with van der Waals surface area (Å²) in [6.07, 6.45) is 1.46. The molecule has 0 aliphatic carbocycles. The summed E-state index contributed by atoms with van der Waals surface area (Å²) < 4.78 is 5.07. The van der Waals surface area contributed by atoms with Crippen molar-refractivity contribution in [3.05, 3.63) is 29.8 Å². The van der Waals surface area contributed by atoms with Crippen LogP contribution in [0, 0.1) is 0 Å². The Labute approximate surface area is 102 Å². The van der Waals surface area contributed by atoms with Gasteiger partial charge in [0.05, 0.1) is 13.2 Å². The fraction of sp³-hybridized carbons (Fsp3) is 0.462. The zero-order valence-electron chi connectivity index (χ0n) is 10.4. The first-order valence-corrected chi connectivity index (χ1v) is 5.83. The van der Waals surface area contributed by atoms with E-state index in [1.807, 2.05) is 31.2 Å². The van der Waals surface area contributed by atoms with Crippen molar-refractivity contribution < 1.29 is 9.53 Å². The van der Waals surface area contributed by atoms with E-state index in [2.05, 4.69) is 5.32 Å². The molecule has 1 rings (SSSR count). The van der Waals surface area contributed by atoms with Gasteiger partial charge in [0.1, 0.15) is 5.75 Å². The molecule has 17 heavy (non-hydrogen) atoms. The molecule has 0 bridgehead atoms. The molecule has 94 valence electrons. The number of hydrogen-bond donors (Lipinski definition) is 2. The molecule has 1 aromatic rings. The number of ether oxygens (including phenoxy) is 1. The molecule has 0 saturated carbocycles. The van der Waals surface area contributed by atoms with Crippen LogP contribution in [0.4, 0.5) is 0 Å². The highest BCUT2D eigenvalue weighted by atomic mass is 16.5. The van der Waals surface area contributed by atoms with Gasteiger partial charge in [0.2, 0.25) is 5.91 Å². The van der Waals surface area contributed by atoms with E-state index in [0.29, 0.717) is 13.0 Å². The maximum atomic E-state index is 11.4. The highest BCUT2D eigenvalue weighted by Crippen LogP contribution is 2.11. The number of rotatable bonds is 6. The molecule has 1 amide bonds. The minimum Gasteiger partial charge on any atom is -0.497 e. The number of hydrogen-bond acceptors (Lipinski definition) is 3. The molecule has 0 spiro atoms. The molecule has 1 unspecified atom stereocenters. The fourth-order valence-electron chi connectivity index (χ4n) is 1.44. The van der Waals surface area contributed by atoms with E-state index >= 15 is 0 Å². The number of carbonyl (C=O) groups is 1. The molecular formula is C13H20N2O2. The molecule has 0 heterocycles. The largest absolute Gasteiger partial charge is 0.497 e. The number of amides is 1. The Kier molecular flexibility index (Phi) is 5.49. The van der Waals surface area contributed by atoms with Gasteiger partial charge in [0.15, 0.2) is 0 Å². The molecule has 0 aliphatic heterocycles. The van der Waals surface area contributed by atoms with Crippen molar-refractivity contribution in [1.29, 1.82) is 0 Å². The van der Waals surface area contributed by atoms with Crippen LogP contribution in [0.2, 0.25) is 0 Å². The van der Waals surface area contributed by atoms with Crippen LogP contribution in [0.5, 0.6) is 5.75 Å². The second-order valence-corrected chi connectivity index (χ2v) is 3.90. The zero-order chi connectivity index (χ0) is 12.7. The second kappa shape index (κ2) is 6.91. The van der Waals surface area contributed by atoms with Crippen molar-refractivity contribution in [2.24, 2.45) is 5.73 Å². The summed E-state index contributed by atoms with van der Waals surface area (Å²) in [5.74, 6) is 0.756. The Morgan fingerprint density at radius 3 is 2.59 bits per heavy atom. The van der Waals surface area contributed by atoms with E-state index in [1.165, 1.54) is 0 Å². The van der Waals surface area contributed by atoms with Gasteiger partial charge in [-0.05, 0) is 30.5 Å². The molecule has 1 aromatic carbocycles. The van der Waals surface area contributed by atoms with Gasteiger partial charge in [-0.15, -0.1) is 0 Å². The maximum absolute atomic E-state index is 11.4. The van der Waals surface area contributed by atoms with Crippen molar-refractivity contribution in [2.75, 3.05) is 13.7 Å². The normalized spacial score (nSPS) is 11.9. The fourth-order valence-corrected chi connectivity index (χ4v) is 1.44. The summed E-state index contributed by atoms with van der Waals surface area (Å²) in [4.78, 5) is 11.4. The smallest absolute Gasteiger partial charge is 0.236 e. The quantitative estimate of drug-likeness (QED) is 0.777. The summed E-state index contributed by atoms with van der Waals surface area (Å²) >= 11 is 0. The molecule has 0 radical (unpaired) electrons. The molecule has 0 aromatic heterocycles. The average Bonchev–Trinajstić information content (AvgIpc) is 2.38. The van der Waals surface area contributed by atoms with Crippen molar-refractivity contribution in [3.8, 4) is 5.75 Å². The zero-order valence-corrected chi connectivity index (χ0v) is 10.4. The van der Waals surface area contributed by atoms with Gasteiger partial charge < -0.3 is 15.8 Å². The van der Waals surface area contributed by atoms with Crippen LogP contribution in [-0.2, 0) is 11.2 Å². The lowest BCUT2D eigenvalue weighted by Crippen LogP contribution is -2.40. The third-order valence-electron chi connectivity index (χ3n) is 2.65. The molecule has 1 atom stereocenters. The lowest BCUT2D eigenvalue weighted by Gasteiger charge is -2.10. The molecule has 4 heteroatoms. The van der Waals surface area contributed by atoms with Gasteiger partial charge in [0, 0.05) is 6.54 Å². The van der Waals surface area contributed by atoms with Crippen LogP contribution in [-0.4, -0.2) is 25.6 Å². The Balaban J connectivity index is 2.33. The Bertz CT molecular complexity index is 349. The topological polar surface area (TPSA) is 64.4 Å². The number of carbonyl (C=O) groups excluding carboxylic acids is 1. The Morgan fingerprint density at radius 1 is 1.41 bits per heavy atom. The summed E-state index contributed by atoms with van der Waals surface area (Å²) in [6, 6.07) is 7.41. The van der Waals surface area contributed by atoms with E-state index in [-0.39, 0.29) is 5.91 Å². The average molecular weight is 236 g/mol. The third kappa shape index (κ3) is 4.44. The van der Waals surface area contributed by atoms with Crippen LogP contribution >= 0.6 is 0 Å². The summed E-state index contributed by atoms with van der Waals surface area (Å²) in [5, 5.41) is 2.82. The van der Waals surface area contributed by atoms with Crippen molar-refractivity contribution in [3.63, 3.8) is 0 Å². The highest BCUT2D eigenvalue weighted by Gasteiger charge is 2.09.